The summed E-state index contributed by atoms with van der Waals surface area (Å²) in [5, 5.41) is 12.7. The predicted molar refractivity (Wildman–Crippen MR) is 62.0 cm³/mol. The van der Waals surface area contributed by atoms with E-state index < -0.39 is 5.82 Å². The quantitative estimate of drug-likeness (QED) is 0.856. The van der Waals surface area contributed by atoms with Gasteiger partial charge in [-0.15, -0.1) is 0 Å². The fourth-order valence-corrected chi connectivity index (χ4v) is 2.14. The van der Waals surface area contributed by atoms with Gasteiger partial charge in [0.05, 0.1) is 11.1 Å². The number of aliphatic hydroxyl groups excluding tert-OH is 1. The first-order chi connectivity index (χ1) is 7.56. The van der Waals surface area contributed by atoms with Gasteiger partial charge in [0.15, 0.2) is 0 Å². The van der Waals surface area contributed by atoms with E-state index in [1.54, 1.807) is 12.1 Å². The van der Waals surface area contributed by atoms with Crippen molar-refractivity contribution < 1.29 is 9.50 Å². The molecule has 1 aromatic rings. The molecule has 1 saturated carbocycles. The highest BCUT2D eigenvalue weighted by Crippen LogP contribution is 2.25. The van der Waals surface area contributed by atoms with E-state index in [-0.39, 0.29) is 17.2 Å². The zero-order chi connectivity index (χ0) is 11.7. The second-order valence-electron chi connectivity index (χ2n) is 4.38. The van der Waals surface area contributed by atoms with E-state index in [0.717, 1.165) is 18.4 Å². The van der Waals surface area contributed by atoms with Crippen LogP contribution < -0.4 is 5.32 Å². The third-order valence-corrected chi connectivity index (χ3v) is 3.33. The zero-order valence-electron chi connectivity index (χ0n) is 9.08. The van der Waals surface area contributed by atoms with E-state index in [0.29, 0.717) is 6.04 Å². The molecule has 0 radical (unpaired) electrons. The van der Waals surface area contributed by atoms with Crippen molar-refractivity contribution in [3.63, 3.8) is 0 Å². The Bertz CT molecular complexity index is 379. The molecule has 1 aliphatic rings. The molecule has 1 aliphatic carbocycles. The average molecular weight is 244 g/mol. The number of aliphatic hydroxyl groups is 1. The monoisotopic (exact) mass is 243 g/mol. The van der Waals surface area contributed by atoms with Crippen LogP contribution in [0.1, 0.15) is 31.4 Å². The number of hydrogen-bond donors (Lipinski definition) is 2. The predicted octanol–water partition coefficient (Wildman–Crippen LogP) is 2.65. The van der Waals surface area contributed by atoms with Crippen molar-refractivity contribution in [2.24, 2.45) is 0 Å². The Kier molecular flexibility index (Phi) is 3.47. The first-order valence-corrected chi connectivity index (χ1v) is 5.83. The molecule has 4 heteroatoms. The first-order valence-electron chi connectivity index (χ1n) is 5.45. The first kappa shape index (κ1) is 11.8. The van der Waals surface area contributed by atoms with Gasteiger partial charge in [0.1, 0.15) is 5.82 Å². The van der Waals surface area contributed by atoms with Gasteiger partial charge in [0.25, 0.3) is 0 Å². The van der Waals surface area contributed by atoms with Crippen molar-refractivity contribution in [2.45, 2.75) is 38.0 Å². The molecular formula is C12H15ClFNO. The van der Waals surface area contributed by atoms with Gasteiger partial charge in [0, 0.05) is 12.1 Å². The Labute approximate surface area is 99.4 Å². The average Bonchev–Trinajstić information content (AvgIpc) is 2.19. The van der Waals surface area contributed by atoms with Gasteiger partial charge in [-0.2, -0.15) is 0 Å². The normalized spacial score (nSPS) is 26.2. The number of benzene rings is 1. The maximum atomic E-state index is 13.0. The molecule has 2 rings (SSSR count). The SMILES string of the molecule is CC(NC1CC(O)C1)c1ccc(F)c(Cl)c1. The van der Waals surface area contributed by atoms with Crippen LogP contribution in [0, 0.1) is 5.82 Å². The molecule has 0 aliphatic heterocycles. The molecule has 0 spiro atoms. The number of hydrogen-bond acceptors (Lipinski definition) is 2. The lowest BCUT2D eigenvalue weighted by Gasteiger charge is -2.34. The highest BCUT2D eigenvalue weighted by atomic mass is 35.5. The molecule has 1 fully saturated rings. The fraction of sp³-hybridized carbons (Fsp3) is 0.500. The van der Waals surface area contributed by atoms with E-state index in [4.69, 9.17) is 11.6 Å². The van der Waals surface area contributed by atoms with Gasteiger partial charge in [-0.05, 0) is 37.5 Å². The maximum Gasteiger partial charge on any atom is 0.141 e. The minimum absolute atomic E-state index is 0.121. The topological polar surface area (TPSA) is 32.3 Å². The van der Waals surface area contributed by atoms with Crippen LogP contribution in [-0.4, -0.2) is 17.3 Å². The molecule has 0 saturated heterocycles. The summed E-state index contributed by atoms with van der Waals surface area (Å²) in [5.41, 5.74) is 0.966. The molecule has 2 N–H and O–H groups in total. The molecule has 0 aromatic heterocycles. The lowest BCUT2D eigenvalue weighted by atomic mass is 9.88. The fourth-order valence-electron chi connectivity index (χ4n) is 1.96. The molecule has 0 bridgehead atoms. The molecule has 0 amide bonds. The summed E-state index contributed by atoms with van der Waals surface area (Å²) in [6.45, 7) is 2.01. The van der Waals surface area contributed by atoms with Crippen molar-refractivity contribution in [3.8, 4) is 0 Å². The van der Waals surface area contributed by atoms with E-state index in [1.807, 2.05) is 6.92 Å². The zero-order valence-corrected chi connectivity index (χ0v) is 9.84. The second-order valence-corrected chi connectivity index (χ2v) is 4.79. The lowest BCUT2D eigenvalue weighted by Crippen LogP contribution is -2.45. The summed E-state index contributed by atoms with van der Waals surface area (Å²) in [7, 11) is 0. The molecule has 0 heterocycles. The Hall–Kier alpha value is -0.640. The number of rotatable bonds is 3. The highest BCUT2D eigenvalue weighted by Gasteiger charge is 2.28. The summed E-state index contributed by atoms with van der Waals surface area (Å²) < 4.78 is 13.0. The van der Waals surface area contributed by atoms with Gasteiger partial charge in [-0.3, -0.25) is 0 Å². The van der Waals surface area contributed by atoms with Gasteiger partial charge in [0.2, 0.25) is 0 Å². The molecule has 88 valence electrons. The van der Waals surface area contributed by atoms with Crippen LogP contribution in [0.3, 0.4) is 0 Å². The second kappa shape index (κ2) is 4.70. The van der Waals surface area contributed by atoms with Crippen LogP contribution in [0.15, 0.2) is 18.2 Å². The van der Waals surface area contributed by atoms with Crippen LogP contribution in [0.2, 0.25) is 5.02 Å². The third kappa shape index (κ3) is 2.54. The summed E-state index contributed by atoms with van der Waals surface area (Å²) in [5.74, 6) is -0.392. The Balaban J connectivity index is 1.97. The van der Waals surface area contributed by atoms with Crippen molar-refractivity contribution in [3.05, 3.63) is 34.6 Å². The van der Waals surface area contributed by atoms with Crippen molar-refractivity contribution in [2.75, 3.05) is 0 Å². The molecule has 1 aromatic carbocycles. The third-order valence-electron chi connectivity index (χ3n) is 3.04. The van der Waals surface area contributed by atoms with Crippen molar-refractivity contribution in [1.29, 1.82) is 0 Å². The minimum Gasteiger partial charge on any atom is -0.393 e. The molecule has 16 heavy (non-hydrogen) atoms. The molecular weight excluding hydrogens is 229 g/mol. The smallest absolute Gasteiger partial charge is 0.141 e. The molecule has 1 atom stereocenters. The largest absolute Gasteiger partial charge is 0.393 e. The van der Waals surface area contributed by atoms with Crippen LogP contribution >= 0.6 is 11.6 Å². The van der Waals surface area contributed by atoms with E-state index in [2.05, 4.69) is 5.32 Å². The standard InChI is InChI=1S/C12H15ClFNO/c1-7(15-9-5-10(16)6-9)8-2-3-12(14)11(13)4-8/h2-4,7,9-10,15-16H,5-6H2,1H3. The summed E-state index contributed by atoms with van der Waals surface area (Å²) in [6, 6.07) is 5.23. The van der Waals surface area contributed by atoms with E-state index in [1.165, 1.54) is 6.07 Å². The minimum atomic E-state index is -0.392. The highest BCUT2D eigenvalue weighted by molar-refractivity contribution is 6.30. The Morgan fingerprint density at radius 2 is 2.19 bits per heavy atom. The van der Waals surface area contributed by atoms with Crippen LogP contribution in [0.4, 0.5) is 4.39 Å². The lowest BCUT2D eigenvalue weighted by molar-refractivity contribution is 0.0586. The van der Waals surface area contributed by atoms with Gasteiger partial charge >= 0.3 is 0 Å². The van der Waals surface area contributed by atoms with Crippen molar-refractivity contribution in [1.82, 2.24) is 5.32 Å². The van der Waals surface area contributed by atoms with Gasteiger partial charge in [-0.1, -0.05) is 17.7 Å². The van der Waals surface area contributed by atoms with Crippen molar-refractivity contribution >= 4 is 11.6 Å². The maximum absolute atomic E-state index is 13.0. The van der Waals surface area contributed by atoms with Gasteiger partial charge < -0.3 is 10.4 Å². The summed E-state index contributed by atoms with van der Waals surface area (Å²) in [6.07, 6.45) is 1.42. The Morgan fingerprint density at radius 3 is 2.75 bits per heavy atom. The van der Waals surface area contributed by atoms with E-state index >= 15 is 0 Å². The molecule has 2 nitrogen and oxygen atoms in total. The molecule has 1 unspecified atom stereocenters. The van der Waals surface area contributed by atoms with Crippen LogP contribution in [0.5, 0.6) is 0 Å². The number of nitrogens with one attached hydrogen (secondary N) is 1. The summed E-state index contributed by atoms with van der Waals surface area (Å²) >= 11 is 5.72. The number of halogens is 2. The van der Waals surface area contributed by atoms with E-state index in [9.17, 15) is 9.50 Å². The van der Waals surface area contributed by atoms with Crippen LogP contribution in [-0.2, 0) is 0 Å². The van der Waals surface area contributed by atoms with Crippen LogP contribution in [0.25, 0.3) is 0 Å². The summed E-state index contributed by atoms with van der Waals surface area (Å²) in [4.78, 5) is 0. The van der Waals surface area contributed by atoms with Gasteiger partial charge in [-0.25, -0.2) is 4.39 Å². The Morgan fingerprint density at radius 1 is 1.50 bits per heavy atom.